The van der Waals surface area contributed by atoms with E-state index in [0.29, 0.717) is 29.1 Å². The number of carbonyl (C=O) groups excluding carboxylic acids is 1. The zero-order valence-corrected chi connectivity index (χ0v) is 23.3. The van der Waals surface area contributed by atoms with E-state index in [1.165, 1.54) is 25.4 Å². The number of hydrogen-bond acceptors (Lipinski definition) is 6. The molecule has 0 spiro atoms. The second kappa shape index (κ2) is 11.6. The number of benzene rings is 2. The third kappa shape index (κ3) is 5.63. The minimum absolute atomic E-state index is 0.0526. The van der Waals surface area contributed by atoms with Crippen molar-refractivity contribution in [3.05, 3.63) is 77.2 Å². The van der Waals surface area contributed by atoms with Gasteiger partial charge in [0.25, 0.3) is 0 Å². The number of hydrogen-bond donors (Lipinski definition) is 1. The number of amides is 1. The molecular weight excluding hydrogens is 550 g/mol. The Morgan fingerprint density at radius 2 is 1.88 bits per heavy atom. The Labute approximate surface area is 241 Å². The van der Waals surface area contributed by atoms with Gasteiger partial charge in [-0.1, -0.05) is 12.1 Å². The summed E-state index contributed by atoms with van der Waals surface area (Å²) in [6.45, 7) is 2.09. The molecule has 1 aromatic heterocycles. The summed E-state index contributed by atoms with van der Waals surface area (Å²) in [5.74, 6) is -0.365. The van der Waals surface area contributed by atoms with Gasteiger partial charge in [0.15, 0.2) is 0 Å². The second-order valence-corrected chi connectivity index (χ2v) is 10.9. The third-order valence-corrected chi connectivity index (χ3v) is 8.32. The fraction of sp³-hybridized carbons (Fsp3) is 0.387. The number of carbonyl (C=O) groups is 1. The van der Waals surface area contributed by atoms with Gasteiger partial charge in [0, 0.05) is 37.4 Å². The highest BCUT2D eigenvalue weighted by Gasteiger charge is 2.45. The standard InChI is InChI=1S/C31H31F4N5O2/c1-39-12-9-23(19-39)38-29(41)30(22-16-25(32)28(37-18-22)24-5-3-4-6-27(24)42-2)10-13-40(14-11-30)26-8-7-21(31(33,34)35)15-20(26)17-36/h3-8,15-16,18,23H,9-14,19H2,1-2H3,(H,38,41)/t23-/m0/s1. The molecule has 0 saturated carbocycles. The van der Waals surface area contributed by atoms with Crippen molar-refractivity contribution in [3.8, 4) is 23.1 Å². The topological polar surface area (TPSA) is 81.5 Å². The zero-order valence-electron chi connectivity index (χ0n) is 23.3. The van der Waals surface area contributed by atoms with Gasteiger partial charge in [-0.05, 0) is 74.8 Å². The molecule has 2 saturated heterocycles. The maximum Gasteiger partial charge on any atom is 0.416 e. The molecule has 1 amide bonds. The molecule has 0 aliphatic carbocycles. The zero-order chi connectivity index (χ0) is 30.1. The number of likely N-dealkylation sites (N-methyl/N-ethyl adjacent to an activating group) is 1. The van der Waals surface area contributed by atoms with Crippen LogP contribution in [-0.4, -0.2) is 62.2 Å². The maximum atomic E-state index is 15.7. The molecule has 0 unspecified atom stereocenters. The summed E-state index contributed by atoms with van der Waals surface area (Å²) in [4.78, 5) is 22.3. The highest BCUT2D eigenvalue weighted by molar-refractivity contribution is 5.89. The molecule has 5 rings (SSSR count). The molecule has 3 heterocycles. The van der Waals surface area contributed by atoms with Crippen molar-refractivity contribution in [2.24, 2.45) is 0 Å². The molecule has 1 N–H and O–H groups in total. The van der Waals surface area contributed by atoms with Crippen LogP contribution in [0.1, 0.15) is 36.0 Å². The van der Waals surface area contributed by atoms with E-state index in [1.807, 2.05) is 13.1 Å². The molecule has 2 aliphatic heterocycles. The van der Waals surface area contributed by atoms with Gasteiger partial charge < -0.3 is 19.9 Å². The van der Waals surface area contributed by atoms with Crippen molar-refractivity contribution in [2.75, 3.05) is 45.2 Å². The molecular formula is C31H31F4N5O2. The number of pyridine rings is 1. The summed E-state index contributed by atoms with van der Waals surface area (Å²) in [6, 6.07) is 13.2. The number of nitrogens with one attached hydrogen (secondary N) is 1. The van der Waals surface area contributed by atoms with Crippen LogP contribution in [0.4, 0.5) is 23.2 Å². The SMILES string of the molecule is COc1ccccc1-c1ncc(C2(C(=O)N[C@H]3CCN(C)C3)CCN(c3ccc(C(F)(F)F)cc3C#N)CC2)cc1F. The van der Waals surface area contributed by atoms with Gasteiger partial charge in [0.1, 0.15) is 23.3 Å². The number of methoxy groups -OCH3 is 1. The van der Waals surface area contributed by atoms with Crippen LogP contribution in [0.3, 0.4) is 0 Å². The lowest BCUT2D eigenvalue weighted by molar-refractivity contribution is -0.137. The Hall–Kier alpha value is -4.17. The third-order valence-electron chi connectivity index (χ3n) is 8.32. The molecule has 7 nitrogen and oxygen atoms in total. The number of piperidine rings is 1. The lowest BCUT2D eigenvalue weighted by Crippen LogP contribution is -2.54. The van der Waals surface area contributed by atoms with Crippen LogP contribution in [0.5, 0.6) is 5.75 Å². The highest BCUT2D eigenvalue weighted by Crippen LogP contribution is 2.41. The Balaban J connectivity index is 1.47. The largest absolute Gasteiger partial charge is 0.496 e. The molecule has 2 aromatic carbocycles. The number of para-hydroxylation sites is 1. The van der Waals surface area contributed by atoms with Crippen molar-refractivity contribution in [2.45, 2.75) is 36.9 Å². The molecule has 42 heavy (non-hydrogen) atoms. The first kappa shape index (κ1) is 29.3. The molecule has 2 aliphatic rings. The molecule has 1 atom stereocenters. The maximum absolute atomic E-state index is 15.7. The highest BCUT2D eigenvalue weighted by atomic mass is 19.4. The average molecular weight is 582 g/mol. The predicted molar refractivity (Wildman–Crippen MR) is 150 cm³/mol. The summed E-state index contributed by atoms with van der Waals surface area (Å²) in [5.41, 5.74) is -0.731. The number of anilines is 1. The van der Waals surface area contributed by atoms with Crippen molar-refractivity contribution in [3.63, 3.8) is 0 Å². The summed E-state index contributed by atoms with van der Waals surface area (Å²) in [6.07, 6.45) is -1.74. The Kier molecular flexibility index (Phi) is 8.10. The number of rotatable bonds is 6. The van der Waals surface area contributed by atoms with Crippen LogP contribution in [0, 0.1) is 17.1 Å². The summed E-state index contributed by atoms with van der Waals surface area (Å²) in [5, 5.41) is 12.8. The fourth-order valence-corrected chi connectivity index (χ4v) is 5.97. The number of ether oxygens (including phenoxy) is 1. The van der Waals surface area contributed by atoms with E-state index in [0.717, 1.165) is 25.1 Å². The number of nitrogens with zero attached hydrogens (tertiary/aromatic N) is 4. The van der Waals surface area contributed by atoms with Gasteiger partial charge >= 0.3 is 6.18 Å². The van der Waals surface area contributed by atoms with Crippen LogP contribution in [0.15, 0.2) is 54.7 Å². The Morgan fingerprint density at radius 3 is 2.50 bits per heavy atom. The van der Waals surface area contributed by atoms with E-state index in [-0.39, 0.29) is 49.1 Å². The van der Waals surface area contributed by atoms with Gasteiger partial charge in [-0.25, -0.2) is 4.39 Å². The monoisotopic (exact) mass is 581 g/mol. The molecule has 0 radical (unpaired) electrons. The first-order valence-electron chi connectivity index (χ1n) is 13.7. The fourth-order valence-electron chi connectivity index (χ4n) is 5.97. The predicted octanol–water partition coefficient (Wildman–Crippen LogP) is 5.15. The van der Waals surface area contributed by atoms with Gasteiger partial charge in [-0.2, -0.15) is 18.4 Å². The molecule has 220 valence electrons. The van der Waals surface area contributed by atoms with E-state index in [2.05, 4.69) is 15.2 Å². The number of halogens is 4. The number of nitriles is 1. The summed E-state index contributed by atoms with van der Waals surface area (Å²) < 4.78 is 60.8. The lowest BCUT2D eigenvalue weighted by Gasteiger charge is -2.42. The van der Waals surface area contributed by atoms with Crippen molar-refractivity contribution < 1.29 is 27.1 Å². The Bertz CT molecular complexity index is 1510. The molecule has 11 heteroatoms. The van der Waals surface area contributed by atoms with Crippen LogP contribution < -0.4 is 15.0 Å². The normalized spacial score (nSPS) is 18.9. The van der Waals surface area contributed by atoms with Gasteiger partial charge in [0.05, 0.1) is 29.3 Å². The van der Waals surface area contributed by atoms with E-state index in [4.69, 9.17) is 4.74 Å². The van der Waals surface area contributed by atoms with E-state index in [1.54, 1.807) is 29.2 Å². The summed E-state index contributed by atoms with van der Waals surface area (Å²) >= 11 is 0. The van der Waals surface area contributed by atoms with Crippen LogP contribution in [-0.2, 0) is 16.4 Å². The first-order valence-corrected chi connectivity index (χ1v) is 13.7. The second-order valence-electron chi connectivity index (χ2n) is 10.9. The molecule has 0 bridgehead atoms. The van der Waals surface area contributed by atoms with Crippen LogP contribution >= 0.6 is 0 Å². The van der Waals surface area contributed by atoms with Gasteiger partial charge in [-0.15, -0.1) is 0 Å². The van der Waals surface area contributed by atoms with Crippen LogP contribution in [0.25, 0.3) is 11.3 Å². The minimum atomic E-state index is -4.57. The minimum Gasteiger partial charge on any atom is -0.496 e. The average Bonchev–Trinajstić information content (AvgIpc) is 3.40. The van der Waals surface area contributed by atoms with E-state index >= 15 is 4.39 Å². The number of aromatic nitrogens is 1. The van der Waals surface area contributed by atoms with Crippen molar-refractivity contribution in [1.82, 2.24) is 15.2 Å². The number of likely N-dealkylation sites (tertiary alicyclic amines) is 1. The van der Waals surface area contributed by atoms with Crippen LogP contribution in [0.2, 0.25) is 0 Å². The summed E-state index contributed by atoms with van der Waals surface area (Å²) in [7, 11) is 3.47. The molecule has 2 fully saturated rings. The smallest absolute Gasteiger partial charge is 0.416 e. The Morgan fingerprint density at radius 1 is 1.14 bits per heavy atom. The van der Waals surface area contributed by atoms with E-state index < -0.39 is 23.0 Å². The van der Waals surface area contributed by atoms with Gasteiger partial charge in [-0.3, -0.25) is 9.78 Å². The quantitative estimate of drug-likeness (QED) is 0.406. The number of alkyl halides is 3. The lowest BCUT2D eigenvalue weighted by atomic mass is 9.72. The van der Waals surface area contributed by atoms with E-state index in [9.17, 15) is 23.2 Å². The molecule has 3 aromatic rings. The van der Waals surface area contributed by atoms with Crippen molar-refractivity contribution >= 4 is 11.6 Å². The van der Waals surface area contributed by atoms with Crippen molar-refractivity contribution in [1.29, 1.82) is 5.26 Å². The van der Waals surface area contributed by atoms with Gasteiger partial charge in [0.2, 0.25) is 5.91 Å². The first-order chi connectivity index (χ1) is 20.1.